The van der Waals surface area contributed by atoms with Gasteiger partial charge < -0.3 is 5.73 Å². The molecule has 5 heteroatoms. The summed E-state index contributed by atoms with van der Waals surface area (Å²) in [5.74, 6) is 0.671. The fourth-order valence-electron chi connectivity index (χ4n) is 1.05. The van der Waals surface area contributed by atoms with Crippen molar-refractivity contribution in [2.24, 2.45) is 11.7 Å². The van der Waals surface area contributed by atoms with E-state index in [2.05, 4.69) is 4.72 Å². The summed E-state index contributed by atoms with van der Waals surface area (Å²) in [6, 6.07) is 0.188. The van der Waals surface area contributed by atoms with E-state index in [9.17, 15) is 8.42 Å². The Bertz CT molecular complexity index is 238. The Kier molecular flexibility index (Phi) is 3.09. The zero-order valence-corrected chi connectivity index (χ0v) is 8.10. The highest BCUT2D eigenvalue weighted by Gasteiger charge is 2.35. The van der Waals surface area contributed by atoms with Crippen LogP contribution >= 0.6 is 0 Å². The molecule has 2 unspecified atom stereocenters. The summed E-state index contributed by atoms with van der Waals surface area (Å²) >= 11 is 0. The van der Waals surface area contributed by atoms with E-state index < -0.39 is 10.0 Å². The van der Waals surface area contributed by atoms with Gasteiger partial charge in [-0.25, -0.2) is 13.1 Å². The number of rotatable bonds is 5. The van der Waals surface area contributed by atoms with E-state index in [0.717, 1.165) is 6.42 Å². The summed E-state index contributed by atoms with van der Waals surface area (Å²) < 4.78 is 25.1. The molecule has 0 aliphatic heterocycles. The molecule has 0 amide bonds. The summed E-state index contributed by atoms with van der Waals surface area (Å²) in [6.45, 7) is 2.47. The van der Waals surface area contributed by atoms with Crippen LogP contribution in [0.15, 0.2) is 0 Å². The first-order valence-corrected chi connectivity index (χ1v) is 5.90. The van der Waals surface area contributed by atoms with Crippen LogP contribution in [-0.4, -0.2) is 26.8 Å². The first-order chi connectivity index (χ1) is 5.55. The molecule has 0 radical (unpaired) electrons. The van der Waals surface area contributed by atoms with Crippen LogP contribution in [0, 0.1) is 5.92 Å². The fourth-order valence-corrected chi connectivity index (χ4v) is 2.50. The van der Waals surface area contributed by atoms with Crippen molar-refractivity contribution in [3.63, 3.8) is 0 Å². The average molecular weight is 192 g/mol. The Morgan fingerprint density at radius 3 is 2.58 bits per heavy atom. The molecule has 0 spiro atoms. The molecular weight excluding hydrogens is 176 g/mol. The van der Waals surface area contributed by atoms with Gasteiger partial charge in [-0.2, -0.15) is 0 Å². The largest absolute Gasteiger partial charge is 0.330 e. The summed E-state index contributed by atoms with van der Waals surface area (Å²) in [5.41, 5.74) is 5.22. The minimum absolute atomic E-state index is 0.159. The third-order valence-corrected chi connectivity index (χ3v) is 3.55. The van der Waals surface area contributed by atoms with Gasteiger partial charge in [0.25, 0.3) is 0 Å². The second-order valence-corrected chi connectivity index (χ2v) is 5.27. The van der Waals surface area contributed by atoms with Crippen molar-refractivity contribution in [3.8, 4) is 0 Å². The van der Waals surface area contributed by atoms with Crippen LogP contribution in [0.5, 0.6) is 0 Å². The average Bonchev–Trinajstić information content (AvgIpc) is 2.61. The van der Waals surface area contributed by atoms with Crippen molar-refractivity contribution in [3.05, 3.63) is 0 Å². The van der Waals surface area contributed by atoms with Crippen LogP contribution in [0.1, 0.15) is 19.8 Å². The minimum Gasteiger partial charge on any atom is -0.330 e. The zero-order valence-electron chi connectivity index (χ0n) is 7.29. The van der Waals surface area contributed by atoms with Crippen LogP contribution < -0.4 is 10.5 Å². The molecule has 1 aliphatic rings. The Morgan fingerprint density at radius 2 is 2.17 bits per heavy atom. The molecule has 12 heavy (non-hydrogen) atoms. The van der Waals surface area contributed by atoms with Gasteiger partial charge in [0, 0.05) is 6.04 Å². The highest BCUT2D eigenvalue weighted by Crippen LogP contribution is 2.29. The molecule has 1 aliphatic carbocycles. The van der Waals surface area contributed by atoms with Crippen LogP contribution in [-0.2, 0) is 10.0 Å². The van der Waals surface area contributed by atoms with Gasteiger partial charge >= 0.3 is 0 Å². The highest BCUT2D eigenvalue weighted by atomic mass is 32.2. The molecule has 3 N–H and O–H groups in total. The molecule has 0 saturated heterocycles. The Labute approximate surface area is 73.6 Å². The van der Waals surface area contributed by atoms with E-state index in [4.69, 9.17) is 5.73 Å². The van der Waals surface area contributed by atoms with Gasteiger partial charge in [-0.05, 0) is 25.3 Å². The third kappa shape index (κ3) is 3.08. The maximum Gasteiger partial charge on any atom is 0.211 e. The number of sulfonamides is 1. The second kappa shape index (κ2) is 3.72. The van der Waals surface area contributed by atoms with E-state index in [1.54, 1.807) is 0 Å². The molecule has 1 fully saturated rings. The topological polar surface area (TPSA) is 72.2 Å². The lowest BCUT2D eigenvalue weighted by Gasteiger charge is -2.03. The number of nitrogens with one attached hydrogen (secondary N) is 1. The minimum atomic E-state index is -3.04. The molecule has 72 valence electrons. The van der Waals surface area contributed by atoms with E-state index in [0.29, 0.717) is 18.9 Å². The first kappa shape index (κ1) is 9.95. The third-order valence-electron chi connectivity index (χ3n) is 2.06. The molecule has 0 heterocycles. The van der Waals surface area contributed by atoms with Gasteiger partial charge in [-0.3, -0.25) is 0 Å². The van der Waals surface area contributed by atoms with E-state index in [1.807, 2.05) is 6.92 Å². The number of hydrogen-bond donors (Lipinski definition) is 2. The van der Waals surface area contributed by atoms with Crippen molar-refractivity contribution in [1.82, 2.24) is 4.72 Å². The van der Waals surface area contributed by atoms with Crippen molar-refractivity contribution in [2.45, 2.75) is 25.8 Å². The summed E-state index contributed by atoms with van der Waals surface area (Å²) in [6.07, 6.45) is 1.51. The first-order valence-electron chi connectivity index (χ1n) is 4.25. The monoisotopic (exact) mass is 192 g/mol. The lowest BCUT2D eigenvalue weighted by atomic mass is 10.5. The quantitative estimate of drug-likeness (QED) is 0.626. The Morgan fingerprint density at radius 1 is 1.58 bits per heavy atom. The molecule has 0 bridgehead atoms. The van der Waals surface area contributed by atoms with Crippen molar-refractivity contribution >= 4 is 10.0 Å². The van der Waals surface area contributed by atoms with Crippen molar-refractivity contribution in [2.75, 3.05) is 12.3 Å². The zero-order chi connectivity index (χ0) is 9.19. The van der Waals surface area contributed by atoms with Crippen LogP contribution in [0.2, 0.25) is 0 Å². The predicted molar refractivity (Wildman–Crippen MR) is 48.2 cm³/mol. The second-order valence-electron chi connectivity index (χ2n) is 3.40. The molecule has 1 saturated carbocycles. The van der Waals surface area contributed by atoms with Crippen molar-refractivity contribution in [1.29, 1.82) is 0 Å². The van der Waals surface area contributed by atoms with E-state index >= 15 is 0 Å². The van der Waals surface area contributed by atoms with Gasteiger partial charge in [0.2, 0.25) is 10.0 Å². The van der Waals surface area contributed by atoms with Crippen molar-refractivity contribution < 1.29 is 8.42 Å². The van der Waals surface area contributed by atoms with E-state index in [-0.39, 0.29) is 11.8 Å². The van der Waals surface area contributed by atoms with Gasteiger partial charge in [0.15, 0.2) is 0 Å². The molecular formula is C7H16N2O2S. The lowest BCUT2D eigenvalue weighted by molar-refractivity contribution is 0.576. The Hall–Kier alpha value is -0.130. The van der Waals surface area contributed by atoms with Crippen LogP contribution in [0.3, 0.4) is 0 Å². The van der Waals surface area contributed by atoms with Crippen LogP contribution in [0.25, 0.3) is 0 Å². The lowest BCUT2D eigenvalue weighted by Crippen LogP contribution is -2.30. The molecule has 0 aromatic rings. The SMILES string of the molecule is CC1CC1NS(=O)(=O)CCCN. The molecule has 2 atom stereocenters. The van der Waals surface area contributed by atoms with Crippen LogP contribution in [0.4, 0.5) is 0 Å². The maximum atomic E-state index is 11.2. The van der Waals surface area contributed by atoms with Gasteiger partial charge in [-0.1, -0.05) is 6.92 Å². The standard InChI is InChI=1S/C7H16N2O2S/c1-6-5-7(6)9-12(10,11)4-2-3-8/h6-7,9H,2-5,8H2,1H3. The predicted octanol–water partition coefficient (Wildman–Crippen LogP) is -0.337. The summed E-state index contributed by atoms with van der Waals surface area (Å²) in [4.78, 5) is 0. The highest BCUT2D eigenvalue weighted by molar-refractivity contribution is 7.89. The normalized spacial score (nSPS) is 28.8. The Balaban J connectivity index is 2.28. The number of hydrogen-bond acceptors (Lipinski definition) is 3. The van der Waals surface area contributed by atoms with Gasteiger partial charge in [0.05, 0.1) is 5.75 Å². The molecule has 4 nitrogen and oxygen atoms in total. The van der Waals surface area contributed by atoms with Gasteiger partial charge in [0.1, 0.15) is 0 Å². The smallest absolute Gasteiger partial charge is 0.211 e. The van der Waals surface area contributed by atoms with Gasteiger partial charge in [-0.15, -0.1) is 0 Å². The molecule has 0 aromatic heterocycles. The summed E-state index contributed by atoms with van der Waals surface area (Å²) in [5, 5.41) is 0. The molecule has 1 rings (SSSR count). The maximum absolute atomic E-state index is 11.2. The summed E-state index contributed by atoms with van der Waals surface area (Å²) in [7, 11) is -3.04. The fraction of sp³-hybridized carbons (Fsp3) is 1.00. The molecule has 0 aromatic carbocycles. The number of nitrogens with two attached hydrogens (primary N) is 1. The van der Waals surface area contributed by atoms with E-state index in [1.165, 1.54) is 0 Å².